The van der Waals surface area contributed by atoms with Crippen molar-refractivity contribution >= 4 is 11.6 Å². The predicted molar refractivity (Wildman–Crippen MR) is 114 cm³/mol. The van der Waals surface area contributed by atoms with Crippen molar-refractivity contribution < 1.29 is 17.9 Å². The summed E-state index contributed by atoms with van der Waals surface area (Å²) in [6.45, 7) is -0.404. The number of hydrogen-bond acceptors (Lipinski definition) is 6. The summed E-state index contributed by atoms with van der Waals surface area (Å²) < 4.78 is 47.8. The standard InChI is InChI=1S/C22H16F3N5O3/c1-33-16-6-4-14(5-7-16)27-20-28-21(31)30(15-3-2-8-26-11-15)22(32)29(20)12-13-9-17(23)19(25)18(24)10-13/h2-11H,12H2,1H3,(H,27,28,31). The summed E-state index contributed by atoms with van der Waals surface area (Å²) >= 11 is 0. The zero-order valence-corrected chi connectivity index (χ0v) is 17.1. The lowest BCUT2D eigenvalue weighted by Crippen LogP contribution is -2.41. The highest BCUT2D eigenvalue weighted by Crippen LogP contribution is 2.19. The third kappa shape index (κ3) is 4.47. The molecule has 8 nitrogen and oxygen atoms in total. The maximum atomic E-state index is 13.8. The van der Waals surface area contributed by atoms with E-state index in [4.69, 9.17) is 4.74 Å². The first-order valence-electron chi connectivity index (χ1n) is 9.56. The molecule has 0 saturated heterocycles. The van der Waals surface area contributed by atoms with Gasteiger partial charge in [0.1, 0.15) is 5.75 Å². The Kier molecular flexibility index (Phi) is 5.94. The van der Waals surface area contributed by atoms with Gasteiger partial charge in [0.05, 0.1) is 25.5 Å². The Morgan fingerprint density at radius 1 is 1.03 bits per heavy atom. The first-order chi connectivity index (χ1) is 15.9. The minimum Gasteiger partial charge on any atom is -0.497 e. The van der Waals surface area contributed by atoms with Crippen molar-refractivity contribution in [3.05, 3.63) is 105 Å². The van der Waals surface area contributed by atoms with Gasteiger partial charge in [-0.25, -0.2) is 27.3 Å². The van der Waals surface area contributed by atoms with E-state index in [2.05, 4.69) is 15.3 Å². The van der Waals surface area contributed by atoms with Crippen molar-refractivity contribution in [2.45, 2.75) is 6.54 Å². The van der Waals surface area contributed by atoms with Gasteiger partial charge in [0.2, 0.25) is 5.95 Å². The molecule has 0 unspecified atom stereocenters. The third-order valence-corrected chi connectivity index (χ3v) is 4.71. The van der Waals surface area contributed by atoms with Gasteiger partial charge < -0.3 is 10.1 Å². The van der Waals surface area contributed by atoms with Crippen LogP contribution in [0.2, 0.25) is 0 Å². The average molecular weight is 455 g/mol. The van der Waals surface area contributed by atoms with Crippen LogP contribution in [0.4, 0.5) is 24.8 Å². The van der Waals surface area contributed by atoms with Crippen LogP contribution in [-0.2, 0) is 6.54 Å². The second-order valence-electron chi connectivity index (χ2n) is 6.86. The minimum atomic E-state index is -1.62. The maximum absolute atomic E-state index is 13.8. The summed E-state index contributed by atoms with van der Waals surface area (Å²) in [5, 5.41) is 2.85. The molecule has 0 amide bonds. The third-order valence-electron chi connectivity index (χ3n) is 4.71. The quantitative estimate of drug-likeness (QED) is 0.450. The molecule has 2 aromatic heterocycles. The summed E-state index contributed by atoms with van der Waals surface area (Å²) in [5.74, 6) is -4.04. The van der Waals surface area contributed by atoms with E-state index in [1.54, 1.807) is 24.3 Å². The molecule has 0 bridgehead atoms. The molecule has 2 heterocycles. The number of hydrogen-bond donors (Lipinski definition) is 1. The van der Waals surface area contributed by atoms with Crippen LogP contribution in [0.1, 0.15) is 5.56 Å². The Morgan fingerprint density at radius 2 is 1.73 bits per heavy atom. The van der Waals surface area contributed by atoms with Gasteiger partial charge in [-0.1, -0.05) is 0 Å². The highest BCUT2D eigenvalue weighted by Gasteiger charge is 2.17. The fraction of sp³-hybridized carbons (Fsp3) is 0.0909. The Hall–Kier alpha value is -4.41. The molecule has 0 aliphatic carbocycles. The van der Waals surface area contributed by atoms with Gasteiger partial charge in [0.15, 0.2) is 17.5 Å². The summed E-state index contributed by atoms with van der Waals surface area (Å²) in [6.07, 6.45) is 2.76. The van der Waals surface area contributed by atoms with E-state index >= 15 is 0 Å². The molecule has 168 valence electrons. The molecule has 2 aromatic carbocycles. The first-order valence-corrected chi connectivity index (χ1v) is 9.56. The Balaban J connectivity index is 1.86. The van der Waals surface area contributed by atoms with Gasteiger partial charge in [-0.05, 0) is 54.1 Å². The Morgan fingerprint density at radius 3 is 2.33 bits per heavy atom. The second kappa shape index (κ2) is 8.99. The van der Waals surface area contributed by atoms with Gasteiger partial charge in [0.25, 0.3) is 0 Å². The topological polar surface area (TPSA) is 91.0 Å². The lowest BCUT2D eigenvalue weighted by Gasteiger charge is -2.16. The van der Waals surface area contributed by atoms with Crippen LogP contribution in [0.15, 0.2) is 70.5 Å². The normalized spacial score (nSPS) is 10.8. The summed E-state index contributed by atoms with van der Waals surface area (Å²) in [7, 11) is 1.50. The number of aromatic nitrogens is 4. The Labute approximate surface area is 184 Å². The van der Waals surface area contributed by atoms with Crippen LogP contribution >= 0.6 is 0 Å². The fourth-order valence-corrected chi connectivity index (χ4v) is 3.12. The minimum absolute atomic E-state index is 0.0514. The predicted octanol–water partition coefficient (Wildman–Crippen LogP) is 3.01. The van der Waals surface area contributed by atoms with E-state index in [1.165, 1.54) is 31.6 Å². The fourth-order valence-electron chi connectivity index (χ4n) is 3.12. The Bertz CT molecular complexity index is 1400. The molecule has 1 N–H and O–H groups in total. The largest absolute Gasteiger partial charge is 0.497 e. The molecule has 0 radical (unpaired) electrons. The molecule has 4 aromatic rings. The molecule has 0 saturated carbocycles. The molecular formula is C22H16F3N5O3. The van der Waals surface area contributed by atoms with Crippen molar-refractivity contribution in [1.82, 2.24) is 19.1 Å². The number of methoxy groups -OCH3 is 1. The van der Waals surface area contributed by atoms with Crippen LogP contribution < -0.4 is 21.4 Å². The number of nitrogens with zero attached hydrogens (tertiary/aromatic N) is 4. The van der Waals surface area contributed by atoms with E-state index in [9.17, 15) is 22.8 Å². The zero-order valence-electron chi connectivity index (χ0n) is 17.1. The highest BCUT2D eigenvalue weighted by atomic mass is 19.2. The average Bonchev–Trinajstić information content (AvgIpc) is 2.81. The van der Waals surface area contributed by atoms with Gasteiger partial charge in [-0.2, -0.15) is 4.98 Å². The van der Waals surface area contributed by atoms with E-state index in [-0.39, 0.29) is 17.2 Å². The molecule has 0 fully saturated rings. The van der Waals surface area contributed by atoms with Crippen molar-refractivity contribution in [1.29, 1.82) is 0 Å². The molecule has 0 spiro atoms. The number of pyridine rings is 1. The van der Waals surface area contributed by atoms with Crippen molar-refractivity contribution in [2.75, 3.05) is 12.4 Å². The first kappa shape index (κ1) is 21.8. The highest BCUT2D eigenvalue weighted by molar-refractivity contribution is 5.55. The van der Waals surface area contributed by atoms with Gasteiger partial charge in [-0.15, -0.1) is 0 Å². The number of ether oxygens (including phenoxy) is 1. The summed E-state index contributed by atoms with van der Waals surface area (Å²) in [6, 6.07) is 11.1. The lowest BCUT2D eigenvalue weighted by atomic mass is 10.2. The van der Waals surface area contributed by atoms with Crippen LogP contribution in [0, 0.1) is 17.5 Å². The van der Waals surface area contributed by atoms with Crippen molar-refractivity contribution in [3.63, 3.8) is 0 Å². The van der Waals surface area contributed by atoms with E-state index in [0.29, 0.717) is 11.4 Å². The number of halogens is 3. The van der Waals surface area contributed by atoms with E-state index in [1.807, 2.05) is 0 Å². The smallest absolute Gasteiger partial charge is 0.359 e. The number of benzene rings is 2. The second-order valence-corrected chi connectivity index (χ2v) is 6.86. The van der Waals surface area contributed by atoms with Crippen molar-refractivity contribution in [2.24, 2.45) is 0 Å². The molecular weight excluding hydrogens is 439 g/mol. The SMILES string of the molecule is COc1ccc(Nc2nc(=O)n(-c3cccnc3)c(=O)n2Cc2cc(F)c(F)c(F)c2)cc1. The lowest BCUT2D eigenvalue weighted by molar-refractivity contribution is 0.415. The van der Waals surface area contributed by atoms with Crippen LogP contribution in [0.5, 0.6) is 5.75 Å². The van der Waals surface area contributed by atoms with Crippen LogP contribution in [0.3, 0.4) is 0 Å². The van der Waals surface area contributed by atoms with E-state index < -0.39 is 35.4 Å². The van der Waals surface area contributed by atoms with E-state index in [0.717, 1.165) is 21.3 Å². The molecule has 0 atom stereocenters. The molecule has 4 rings (SSSR count). The monoisotopic (exact) mass is 455 g/mol. The molecule has 11 heteroatoms. The van der Waals surface area contributed by atoms with Gasteiger partial charge >= 0.3 is 11.4 Å². The molecule has 0 aliphatic rings. The van der Waals surface area contributed by atoms with Crippen molar-refractivity contribution in [3.8, 4) is 11.4 Å². The number of rotatable bonds is 6. The summed E-state index contributed by atoms with van der Waals surface area (Å²) in [4.78, 5) is 33.8. The molecule has 0 aliphatic heterocycles. The van der Waals surface area contributed by atoms with Gasteiger partial charge in [-0.3, -0.25) is 9.55 Å². The van der Waals surface area contributed by atoms with Crippen LogP contribution in [-0.4, -0.2) is 26.2 Å². The number of nitrogens with one attached hydrogen (secondary N) is 1. The number of anilines is 2. The maximum Gasteiger partial charge on any atom is 0.359 e. The van der Waals surface area contributed by atoms with Crippen LogP contribution in [0.25, 0.3) is 5.69 Å². The van der Waals surface area contributed by atoms with Gasteiger partial charge in [0, 0.05) is 11.9 Å². The molecule has 33 heavy (non-hydrogen) atoms. The summed E-state index contributed by atoms with van der Waals surface area (Å²) in [5.41, 5.74) is -1.17. The zero-order chi connectivity index (χ0) is 23.5.